The highest BCUT2D eigenvalue weighted by Gasteiger charge is 2.43. The summed E-state index contributed by atoms with van der Waals surface area (Å²) in [5.41, 5.74) is 1.38. The predicted octanol–water partition coefficient (Wildman–Crippen LogP) is 1.96. The van der Waals surface area contributed by atoms with Gasteiger partial charge < -0.3 is 9.88 Å². The summed E-state index contributed by atoms with van der Waals surface area (Å²) in [6.45, 7) is 2.83. The maximum atomic E-state index is 13.3. The van der Waals surface area contributed by atoms with Crippen LogP contribution in [0.25, 0.3) is 0 Å². The van der Waals surface area contributed by atoms with E-state index < -0.39 is 12.0 Å². The van der Waals surface area contributed by atoms with Crippen molar-refractivity contribution in [2.45, 2.75) is 50.5 Å². The van der Waals surface area contributed by atoms with Crippen LogP contribution in [0.4, 0.5) is 13.2 Å². The maximum Gasteiger partial charge on any atom is 0.449 e. The molecule has 0 bridgehead atoms. The highest BCUT2D eigenvalue weighted by atomic mass is 19.4. The zero-order chi connectivity index (χ0) is 14.6. The van der Waals surface area contributed by atoms with E-state index in [4.69, 9.17) is 0 Å². The fraction of sp³-hybridized carbons (Fsp3) is 0.786. The SMILES string of the molecule is FC(F)(F)c1nc2c(n1C1CCN(C3CC3)C1)CCNC2. The molecule has 0 radical (unpaired) electrons. The Morgan fingerprint density at radius 3 is 2.67 bits per heavy atom. The van der Waals surface area contributed by atoms with E-state index in [-0.39, 0.29) is 6.04 Å². The molecule has 1 unspecified atom stereocenters. The number of nitrogens with one attached hydrogen (secondary N) is 1. The molecule has 116 valence electrons. The molecule has 2 aliphatic heterocycles. The van der Waals surface area contributed by atoms with Crippen molar-refractivity contribution in [3.63, 3.8) is 0 Å². The minimum atomic E-state index is -4.37. The second-order valence-electron chi connectivity index (χ2n) is 6.29. The summed E-state index contributed by atoms with van der Waals surface area (Å²) >= 11 is 0. The molecule has 7 heteroatoms. The molecule has 2 fully saturated rings. The summed E-state index contributed by atoms with van der Waals surface area (Å²) in [5, 5.41) is 3.11. The first-order valence-corrected chi connectivity index (χ1v) is 7.66. The van der Waals surface area contributed by atoms with Crippen LogP contribution in [0.5, 0.6) is 0 Å². The third-order valence-corrected chi connectivity index (χ3v) is 4.80. The number of nitrogens with zero attached hydrogens (tertiary/aromatic N) is 3. The number of fused-ring (bicyclic) bond motifs is 1. The van der Waals surface area contributed by atoms with Gasteiger partial charge >= 0.3 is 6.18 Å². The molecular weight excluding hydrogens is 281 g/mol. The largest absolute Gasteiger partial charge is 0.449 e. The van der Waals surface area contributed by atoms with Gasteiger partial charge in [0.2, 0.25) is 5.82 Å². The second-order valence-corrected chi connectivity index (χ2v) is 6.29. The predicted molar refractivity (Wildman–Crippen MR) is 70.9 cm³/mol. The van der Waals surface area contributed by atoms with Crippen LogP contribution in [0.3, 0.4) is 0 Å². The van der Waals surface area contributed by atoms with E-state index in [9.17, 15) is 13.2 Å². The van der Waals surface area contributed by atoms with Gasteiger partial charge in [-0.15, -0.1) is 0 Å². The lowest BCUT2D eigenvalue weighted by Crippen LogP contribution is -2.29. The number of rotatable bonds is 2. The molecule has 0 spiro atoms. The van der Waals surface area contributed by atoms with Crippen molar-refractivity contribution < 1.29 is 13.2 Å². The van der Waals surface area contributed by atoms with Crippen LogP contribution < -0.4 is 5.32 Å². The molecule has 1 N–H and O–H groups in total. The van der Waals surface area contributed by atoms with E-state index in [1.165, 1.54) is 17.4 Å². The second kappa shape index (κ2) is 4.71. The van der Waals surface area contributed by atoms with Crippen LogP contribution in [0.15, 0.2) is 0 Å². The highest BCUT2D eigenvalue weighted by molar-refractivity contribution is 5.23. The molecule has 4 nitrogen and oxygen atoms in total. The zero-order valence-electron chi connectivity index (χ0n) is 11.8. The summed E-state index contributed by atoms with van der Waals surface area (Å²) in [7, 11) is 0. The van der Waals surface area contributed by atoms with Gasteiger partial charge in [-0.2, -0.15) is 13.2 Å². The smallest absolute Gasteiger partial charge is 0.320 e. The molecule has 3 heterocycles. The topological polar surface area (TPSA) is 33.1 Å². The fourth-order valence-corrected chi connectivity index (χ4v) is 3.68. The van der Waals surface area contributed by atoms with Crippen LogP contribution in [-0.4, -0.2) is 40.1 Å². The van der Waals surface area contributed by atoms with Crippen molar-refractivity contribution in [2.24, 2.45) is 0 Å². The number of imidazole rings is 1. The quantitative estimate of drug-likeness (QED) is 0.906. The lowest BCUT2D eigenvalue weighted by molar-refractivity contribution is -0.148. The van der Waals surface area contributed by atoms with Crippen LogP contribution in [0, 0.1) is 0 Å². The molecule has 1 aromatic rings. The Balaban J connectivity index is 1.70. The first-order chi connectivity index (χ1) is 10.0. The van der Waals surface area contributed by atoms with E-state index in [2.05, 4.69) is 15.2 Å². The van der Waals surface area contributed by atoms with Gasteiger partial charge in [-0.1, -0.05) is 0 Å². The van der Waals surface area contributed by atoms with E-state index in [1.54, 1.807) is 0 Å². The van der Waals surface area contributed by atoms with E-state index >= 15 is 0 Å². The third kappa shape index (κ3) is 2.36. The van der Waals surface area contributed by atoms with Crippen molar-refractivity contribution in [3.8, 4) is 0 Å². The number of hydrogen-bond donors (Lipinski definition) is 1. The van der Waals surface area contributed by atoms with Crippen molar-refractivity contribution in [1.82, 2.24) is 19.8 Å². The molecule has 1 saturated heterocycles. The number of halogens is 3. The molecule has 1 atom stereocenters. The Morgan fingerprint density at radius 1 is 1.14 bits per heavy atom. The Morgan fingerprint density at radius 2 is 1.95 bits per heavy atom. The first-order valence-electron chi connectivity index (χ1n) is 7.66. The summed E-state index contributed by atoms with van der Waals surface area (Å²) in [5.74, 6) is -0.696. The van der Waals surface area contributed by atoms with Crippen LogP contribution in [-0.2, 0) is 19.1 Å². The maximum absolute atomic E-state index is 13.3. The summed E-state index contributed by atoms with van der Waals surface area (Å²) in [6.07, 6.45) is -0.534. The third-order valence-electron chi connectivity index (χ3n) is 4.80. The standard InChI is InChI=1S/C14H19F3N4/c15-14(16,17)13-19-11-7-18-5-3-12(11)21(13)10-4-6-20(8-10)9-1-2-9/h9-10,18H,1-8H2. The monoisotopic (exact) mass is 300 g/mol. The highest BCUT2D eigenvalue weighted by Crippen LogP contribution is 2.38. The van der Waals surface area contributed by atoms with Gasteiger partial charge in [-0.05, 0) is 19.3 Å². The van der Waals surface area contributed by atoms with Gasteiger partial charge in [0.1, 0.15) is 0 Å². The molecular formula is C14H19F3N4. The molecule has 1 aromatic heterocycles. The summed E-state index contributed by atoms with van der Waals surface area (Å²) in [6, 6.07) is 0.543. The molecule has 1 saturated carbocycles. The van der Waals surface area contributed by atoms with Gasteiger partial charge in [0.25, 0.3) is 0 Å². The number of aromatic nitrogens is 2. The van der Waals surface area contributed by atoms with Crippen LogP contribution in [0.1, 0.15) is 42.5 Å². The summed E-state index contributed by atoms with van der Waals surface area (Å²) in [4.78, 5) is 6.25. The minimum absolute atomic E-state index is 0.0726. The lowest BCUT2D eigenvalue weighted by Gasteiger charge is -2.22. The Kier molecular flexibility index (Phi) is 3.04. The summed E-state index contributed by atoms with van der Waals surface area (Å²) < 4.78 is 41.5. The molecule has 0 amide bonds. The van der Waals surface area contributed by atoms with Crippen LogP contribution in [0.2, 0.25) is 0 Å². The van der Waals surface area contributed by atoms with Crippen LogP contribution >= 0.6 is 0 Å². The van der Waals surface area contributed by atoms with Gasteiger partial charge in [0.15, 0.2) is 0 Å². The van der Waals surface area contributed by atoms with E-state index in [0.717, 1.165) is 31.7 Å². The van der Waals surface area contributed by atoms with Gasteiger partial charge in [-0.25, -0.2) is 4.98 Å². The minimum Gasteiger partial charge on any atom is -0.320 e. The first kappa shape index (κ1) is 13.6. The van der Waals surface area contributed by atoms with Gasteiger partial charge in [-0.3, -0.25) is 4.90 Å². The molecule has 21 heavy (non-hydrogen) atoms. The Labute approximate surface area is 121 Å². The molecule has 4 rings (SSSR count). The fourth-order valence-electron chi connectivity index (χ4n) is 3.68. The Hall–Kier alpha value is -1.08. The van der Waals surface area contributed by atoms with Crippen molar-refractivity contribution in [2.75, 3.05) is 19.6 Å². The number of likely N-dealkylation sites (tertiary alicyclic amines) is 1. The van der Waals surface area contributed by atoms with E-state index in [1.807, 2.05) is 0 Å². The van der Waals surface area contributed by atoms with Gasteiger partial charge in [0.05, 0.1) is 5.69 Å². The van der Waals surface area contributed by atoms with Gasteiger partial charge in [0, 0.05) is 50.4 Å². The number of hydrogen-bond acceptors (Lipinski definition) is 3. The van der Waals surface area contributed by atoms with E-state index in [0.29, 0.717) is 24.7 Å². The number of alkyl halides is 3. The molecule has 0 aromatic carbocycles. The molecule has 3 aliphatic rings. The van der Waals surface area contributed by atoms with Crippen molar-refractivity contribution in [3.05, 3.63) is 17.2 Å². The van der Waals surface area contributed by atoms with Crippen molar-refractivity contribution in [1.29, 1.82) is 0 Å². The Bertz CT molecular complexity index is 547. The zero-order valence-corrected chi connectivity index (χ0v) is 11.8. The average molecular weight is 300 g/mol. The van der Waals surface area contributed by atoms with Crippen molar-refractivity contribution >= 4 is 0 Å². The average Bonchev–Trinajstić information content (AvgIpc) is 3.03. The lowest BCUT2D eigenvalue weighted by atomic mass is 10.1. The molecule has 1 aliphatic carbocycles. The normalized spacial score (nSPS) is 27.1.